The first-order valence-electron chi connectivity index (χ1n) is 6.43. The molecule has 0 saturated carbocycles. The summed E-state index contributed by atoms with van der Waals surface area (Å²) in [6.07, 6.45) is -2.17. The van der Waals surface area contributed by atoms with E-state index < -0.39 is 22.2 Å². The summed E-state index contributed by atoms with van der Waals surface area (Å²) >= 11 is 0. The lowest BCUT2D eigenvalue weighted by atomic mass is 10.1. The zero-order chi connectivity index (χ0) is 15.6. The summed E-state index contributed by atoms with van der Waals surface area (Å²) in [6, 6.07) is 4.72. The van der Waals surface area contributed by atoms with Gasteiger partial charge in [0.05, 0.1) is 17.1 Å². The summed E-state index contributed by atoms with van der Waals surface area (Å²) in [5.74, 6) is 5.06. The minimum Gasteiger partial charge on any atom is -0.389 e. The van der Waals surface area contributed by atoms with E-state index in [0.29, 0.717) is 5.56 Å². The lowest BCUT2D eigenvalue weighted by Gasteiger charge is -2.17. The molecule has 0 radical (unpaired) electrons. The fourth-order valence-corrected chi connectivity index (χ4v) is 3.78. The largest absolute Gasteiger partial charge is 0.389 e. The van der Waals surface area contributed by atoms with Gasteiger partial charge in [0.25, 0.3) is 0 Å². The molecule has 1 heterocycles. The number of aryl methyl sites for hydroxylation is 1. The van der Waals surface area contributed by atoms with Crippen LogP contribution in [-0.2, 0) is 10.0 Å². The van der Waals surface area contributed by atoms with Crippen molar-refractivity contribution in [1.29, 1.82) is 0 Å². The molecule has 0 aliphatic carbocycles. The predicted octanol–water partition coefficient (Wildman–Crippen LogP) is -0.935. The van der Waals surface area contributed by atoms with E-state index in [2.05, 4.69) is 11.8 Å². The SMILES string of the molecule is Cc1ccc(S(=O)(=O)N2CC(O)C(O)C2)c(C#CCO)c1. The Morgan fingerprint density at radius 3 is 2.48 bits per heavy atom. The van der Waals surface area contributed by atoms with Crippen molar-refractivity contribution in [2.24, 2.45) is 0 Å². The van der Waals surface area contributed by atoms with Crippen LogP contribution >= 0.6 is 0 Å². The van der Waals surface area contributed by atoms with Crippen LogP contribution in [-0.4, -0.2) is 59.9 Å². The maximum Gasteiger partial charge on any atom is 0.244 e. The number of hydrogen-bond acceptors (Lipinski definition) is 5. The van der Waals surface area contributed by atoms with Crippen LogP contribution in [0.15, 0.2) is 23.1 Å². The van der Waals surface area contributed by atoms with Crippen molar-refractivity contribution in [3.05, 3.63) is 29.3 Å². The molecular weight excluding hydrogens is 294 g/mol. The Morgan fingerprint density at radius 2 is 1.90 bits per heavy atom. The second-order valence-electron chi connectivity index (χ2n) is 4.92. The van der Waals surface area contributed by atoms with Crippen molar-refractivity contribution in [1.82, 2.24) is 4.31 Å². The van der Waals surface area contributed by atoms with Crippen LogP contribution in [0.1, 0.15) is 11.1 Å². The molecule has 6 nitrogen and oxygen atoms in total. The molecule has 3 N–H and O–H groups in total. The number of nitrogens with zero attached hydrogens (tertiary/aromatic N) is 1. The van der Waals surface area contributed by atoms with Gasteiger partial charge in [-0.1, -0.05) is 17.9 Å². The van der Waals surface area contributed by atoms with Gasteiger partial charge >= 0.3 is 0 Å². The van der Waals surface area contributed by atoms with Gasteiger partial charge in [0.15, 0.2) is 0 Å². The predicted molar refractivity (Wildman–Crippen MR) is 75.9 cm³/mol. The highest BCUT2D eigenvalue weighted by atomic mass is 32.2. The van der Waals surface area contributed by atoms with Crippen LogP contribution in [0.5, 0.6) is 0 Å². The summed E-state index contributed by atoms with van der Waals surface area (Å²) in [5, 5.41) is 27.8. The van der Waals surface area contributed by atoms with Crippen molar-refractivity contribution in [2.75, 3.05) is 19.7 Å². The quantitative estimate of drug-likeness (QED) is 0.613. The molecular formula is C14H17NO5S. The smallest absolute Gasteiger partial charge is 0.244 e. The average Bonchev–Trinajstić information content (AvgIpc) is 2.77. The standard InChI is InChI=1S/C14H17NO5S/c1-10-4-5-14(11(7-10)3-2-6-16)21(19,20)15-8-12(17)13(18)9-15/h4-5,7,12-13,16-18H,6,8-9H2,1H3. The van der Waals surface area contributed by atoms with Crippen LogP contribution in [0.25, 0.3) is 0 Å². The Morgan fingerprint density at radius 1 is 1.29 bits per heavy atom. The second-order valence-corrected chi connectivity index (χ2v) is 6.82. The van der Waals surface area contributed by atoms with E-state index in [1.165, 1.54) is 6.07 Å². The Bertz CT molecular complexity index is 679. The van der Waals surface area contributed by atoms with Crippen LogP contribution in [0.2, 0.25) is 0 Å². The number of rotatable bonds is 2. The third-order valence-electron chi connectivity index (χ3n) is 3.28. The van der Waals surface area contributed by atoms with E-state index in [1.807, 2.05) is 6.92 Å². The van der Waals surface area contributed by atoms with E-state index in [-0.39, 0.29) is 24.6 Å². The first-order valence-corrected chi connectivity index (χ1v) is 7.87. The Kier molecular flexibility index (Phi) is 4.66. The van der Waals surface area contributed by atoms with E-state index in [1.54, 1.807) is 12.1 Å². The van der Waals surface area contributed by atoms with E-state index in [0.717, 1.165) is 9.87 Å². The molecule has 7 heteroatoms. The summed E-state index contributed by atoms with van der Waals surface area (Å²) in [4.78, 5) is 0.00958. The molecule has 2 rings (SSSR count). The lowest BCUT2D eigenvalue weighted by Crippen LogP contribution is -2.30. The normalized spacial score (nSPS) is 22.9. The van der Waals surface area contributed by atoms with Crippen molar-refractivity contribution >= 4 is 10.0 Å². The average molecular weight is 311 g/mol. The molecule has 0 aromatic heterocycles. The number of hydrogen-bond donors (Lipinski definition) is 3. The molecule has 0 amide bonds. The van der Waals surface area contributed by atoms with Gasteiger partial charge in [0.1, 0.15) is 6.61 Å². The fraction of sp³-hybridized carbons (Fsp3) is 0.429. The van der Waals surface area contributed by atoms with Gasteiger partial charge in [0.2, 0.25) is 10.0 Å². The minimum atomic E-state index is -3.85. The zero-order valence-corrected chi connectivity index (χ0v) is 12.3. The first-order chi connectivity index (χ1) is 9.86. The van der Waals surface area contributed by atoms with Gasteiger partial charge in [-0.05, 0) is 24.6 Å². The molecule has 1 saturated heterocycles. The third kappa shape index (κ3) is 3.26. The summed E-state index contributed by atoms with van der Waals surface area (Å²) in [6.45, 7) is 1.15. The van der Waals surface area contributed by atoms with E-state index >= 15 is 0 Å². The topological polar surface area (TPSA) is 98.1 Å². The van der Waals surface area contributed by atoms with Gasteiger partial charge in [0, 0.05) is 18.7 Å². The maximum atomic E-state index is 12.6. The van der Waals surface area contributed by atoms with Crippen molar-refractivity contribution < 1.29 is 23.7 Å². The third-order valence-corrected chi connectivity index (χ3v) is 5.17. The number of aliphatic hydroxyl groups excluding tert-OH is 3. The number of sulfonamides is 1. The van der Waals surface area contributed by atoms with Gasteiger partial charge in [-0.15, -0.1) is 0 Å². The highest BCUT2D eigenvalue weighted by Gasteiger charge is 2.38. The highest BCUT2D eigenvalue weighted by molar-refractivity contribution is 7.89. The Hall–Kier alpha value is -1.43. The van der Waals surface area contributed by atoms with Gasteiger partial charge in [-0.2, -0.15) is 4.31 Å². The van der Waals surface area contributed by atoms with Gasteiger partial charge in [-0.25, -0.2) is 8.42 Å². The first kappa shape index (κ1) is 15.9. The van der Waals surface area contributed by atoms with Gasteiger partial charge < -0.3 is 15.3 Å². The molecule has 114 valence electrons. The molecule has 0 bridgehead atoms. The molecule has 1 aliphatic rings. The van der Waals surface area contributed by atoms with E-state index in [4.69, 9.17) is 5.11 Å². The highest BCUT2D eigenvalue weighted by Crippen LogP contribution is 2.24. The molecule has 21 heavy (non-hydrogen) atoms. The Balaban J connectivity index is 2.45. The number of benzene rings is 1. The van der Waals surface area contributed by atoms with Crippen LogP contribution in [0.3, 0.4) is 0 Å². The Labute approximate surface area is 123 Å². The monoisotopic (exact) mass is 311 g/mol. The van der Waals surface area contributed by atoms with E-state index in [9.17, 15) is 18.6 Å². The van der Waals surface area contributed by atoms with Gasteiger partial charge in [-0.3, -0.25) is 0 Å². The van der Waals surface area contributed by atoms with Crippen molar-refractivity contribution in [3.8, 4) is 11.8 Å². The molecule has 0 spiro atoms. The number of β-amino-alcohol motifs (C(OH)–C–C–N with tert-alkyl or cyclic N) is 2. The molecule has 1 fully saturated rings. The summed E-state index contributed by atoms with van der Waals surface area (Å²) in [5.41, 5.74) is 1.14. The molecule has 1 aliphatic heterocycles. The van der Waals surface area contributed by atoms with Crippen molar-refractivity contribution in [3.63, 3.8) is 0 Å². The van der Waals surface area contributed by atoms with Crippen LogP contribution in [0, 0.1) is 18.8 Å². The summed E-state index contributed by atoms with van der Waals surface area (Å²) < 4.78 is 26.2. The number of aliphatic hydroxyl groups is 3. The zero-order valence-electron chi connectivity index (χ0n) is 11.5. The van der Waals surface area contributed by atoms with Crippen molar-refractivity contribution in [2.45, 2.75) is 24.0 Å². The fourth-order valence-electron chi connectivity index (χ4n) is 2.17. The molecule has 1 aromatic rings. The van der Waals surface area contributed by atoms with Crippen LogP contribution < -0.4 is 0 Å². The molecule has 2 atom stereocenters. The second kappa shape index (κ2) is 6.13. The van der Waals surface area contributed by atoms with Crippen LogP contribution in [0.4, 0.5) is 0 Å². The lowest BCUT2D eigenvalue weighted by molar-refractivity contribution is 0.0572. The maximum absolute atomic E-state index is 12.6. The summed E-state index contributed by atoms with van der Waals surface area (Å²) in [7, 11) is -3.85. The molecule has 2 unspecified atom stereocenters. The minimum absolute atomic E-state index is 0.00958. The molecule has 1 aromatic carbocycles.